The van der Waals surface area contributed by atoms with Crippen molar-refractivity contribution >= 4 is 52.3 Å². The molecule has 5 nitrogen and oxygen atoms in total. The van der Waals surface area contributed by atoms with E-state index < -0.39 is 5.25 Å². The van der Waals surface area contributed by atoms with Gasteiger partial charge in [-0.3, -0.25) is 9.59 Å². The van der Waals surface area contributed by atoms with Crippen LogP contribution in [-0.4, -0.2) is 28.7 Å². The molecule has 0 saturated carbocycles. The molecule has 1 unspecified atom stereocenters. The summed E-state index contributed by atoms with van der Waals surface area (Å²) in [6.45, 7) is 2.23. The van der Waals surface area contributed by atoms with Crippen LogP contribution in [0, 0.1) is 6.92 Å². The second-order valence-corrected chi connectivity index (χ2v) is 7.89. The quantitative estimate of drug-likeness (QED) is 0.798. The Hall–Kier alpha value is -1.57. The number of hydrogen-bond acceptors (Lipinski definition) is 6. The number of halogens is 1. The summed E-state index contributed by atoms with van der Waals surface area (Å²) in [6.07, 6.45) is 0.688. The second-order valence-electron chi connectivity index (χ2n) is 5.27. The number of aryl methyl sites for hydroxylation is 1. The number of esters is 1. The topological polar surface area (TPSA) is 68.3 Å². The van der Waals surface area contributed by atoms with Crippen LogP contribution in [0.2, 0.25) is 5.02 Å². The van der Waals surface area contributed by atoms with E-state index in [0.717, 1.165) is 15.5 Å². The molecule has 2 aromatic rings. The van der Waals surface area contributed by atoms with E-state index >= 15 is 0 Å². The minimum absolute atomic E-state index is 0.0419. The third kappa shape index (κ3) is 4.09. The molecule has 0 radical (unpaired) electrons. The van der Waals surface area contributed by atoms with Crippen LogP contribution in [0.5, 0.6) is 0 Å². The van der Waals surface area contributed by atoms with Gasteiger partial charge in [0.05, 0.1) is 35.2 Å². The number of carbonyl (C=O) groups is 2. The largest absolute Gasteiger partial charge is 0.465 e. The van der Waals surface area contributed by atoms with Crippen molar-refractivity contribution in [3.05, 3.63) is 39.3 Å². The van der Waals surface area contributed by atoms with E-state index in [1.54, 1.807) is 29.0 Å². The van der Waals surface area contributed by atoms with E-state index in [1.807, 2.05) is 13.0 Å². The lowest BCUT2D eigenvalue weighted by Crippen LogP contribution is -2.31. The highest BCUT2D eigenvalue weighted by atomic mass is 35.5. The number of thiazole rings is 1. The maximum atomic E-state index is 12.1. The fourth-order valence-electron chi connectivity index (χ4n) is 2.29. The van der Waals surface area contributed by atoms with Gasteiger partial charge >= 0.3 is 5.97 Å². The Bertz CT molecular complexity index is 778. The summed E-state index contributed by atoms with van der Waals surface area (Å²) in [7, 11) is 0. The van der Waals surface area contributed by atoms with Gasteiger partial charge in [0.15, 0.2) is 0 Å². The number of amides is 1. The van der Waals surface area contributed by atoms with Crippen molar-refractivity contribution in [2.24, 2.45) is 0 Å². The molecular formula is C16H15ClN2O3S2. The summed E-state index contributed by atoms with van der Waals surface area (Å²) >= 11 is 8.82. The van der Waals surface area contributed by atoms with E-state index in [-0.39, 0.29) is 18.3 Å². The lowest BCUT2D eigenvalue weighted by Gasteiger charge is -2.23. The van der Waals surface area contributed by atoms with Crippen LogP contribution in [0.1, 0.15) is 17.0 Å². The highest BCUT2D eigenvalue weighted by Crippen LogP contribution is 2.38. The molecule has 1 atom stereocenters. The molecule has 1 aromatic heterocycles. The molecule has 0 aliphatic carbocycles. The van der Waals surface area contributed by atoms with Gasteiger partial charge in [-0.1, -0.05) is 11.6 Å². The number of anilines is 1. The summed E-state index contributed by atoms with van der Waals surface area (Å²) in [6, 6.07) is 5.30. The minimum atomic E-state index is -0.490. The molecule has 126 valence electrons. The Morgan fingerprint density at radius 3 is 3.04 bits per heavy atom. The van der Waals surface area contributed by atoms with Crippen molar-refractivity contribution in [1.29, 1.82) is 0 Å². The number of hydrogen-bond donors (Lipinski definition) is 1. The summed E-state index contributed by atoms with van der Waals surface area (Å²) < 4.78 is 5.25. The molecular weight excluding hydrogens is 368 g/mol. The van der Waals surface area contributed by atoms with E-state index in [4.69, 9.17) is 16.3 Å². The van der Waals surface area contributed by atoms with Crippen molar-refractivity contribution in [2.45, 2.75) is 29.9 Å². The van der Waals surface area contributed by atoms with Gasteiger partial charge in [-0.2, -0.15) is 0 Å². The predicted octanol–water partition coefficient (Wildman–Crippen LogP) is 3.69. The molecule has 1 amide bonds. The summed E-state index contributed by atoms with van der Waals surface area (Å²) in [5.74, 6) is -0.577. The van der Waals surface area contributed by atoms with Gasteiger partial charge in [-0.25, -0.2) is 4.98 Å². The molecule has 0 saturated heterocycles. The molecule has 24 heavy (non-hydrogen) atoms. The van der Waals surface area contributed by atoms with Crippen LogP contribution < -0.4 is 5.32 Å². The fraction of sp³-hybridized carbons (Fsp3) is 0.312. The average Bonchev–Trinajstić information content (AvgIpc) is 2.94. The van der Waals surface area contributed by atoms with Crippen molar-refractivity contribution in [3.63, 3.8) is 0 Å². The third-order valence-corrected chi connectivity index (χ3v) is 6.06. The Morgan fingerprint density at radius 2 is 2.29 bits per heavy atom. The number of carbonyl (C=O) groups excluding carboxylic acids is 2. The first-order valence-electron chi connectivity index (χ1n) is 7.34. The minimum Gasteiger partial charge on any atom is -0.465 e. The number of ether oxygens (including phenoxy) is 1. The number of benzene rings is 1. The Kier molecular flexibility index (Phi) is 5.43. The lowest BCUT2D eigenvalue weighted by molar-refractivity contribution is -0.144. The van der Waals surface area contributed by atoms with Gasteiger partial charge < -0.3 is 10.1 Å². The second kappa shape index (κ2) is 7.55. The zero-order valence-electron chi connectivity index (χ0n) is 12.9. The first kappa shape index (κ1) is 17.3. The SMILES string of the molecule is Cc1ncsc1CCOC(=O)CC1Sc2ccc(Cl)cc2NC1=O. The molecule has 2 heterocycles. The molecule has 3 rings (SSSR count). The number of aromatic nitrogens is 1. The molecule has 1 aliphatic rings. The standard InChI is InChI=1S/C16H15ClN2O3S2/c1-9-12(23-8-18-9)4-5-22-15(20)7-14-16(21)19-11-6-10(17)2-3-13(11)24-14/h2-3,6,8,14H,4-5,7H2,1H3,(H,19,21). The zero-order chi connectivity index (χ0) is 17.1. The van der Waals surface area contributed by atoms with Crippen LogP contribution in [0.3, 0.4) is 0 Å². The molecule has 0 fully saturated rings. The Labute approximate surface area is 152 Å². The van der Waals surface area contributed by atoms with Crippen LogP contribution in [0.25, 0.3) is 0 Å². The highest BCUT2D eigenvalue weighted by molar-refractivity contribution is 8.01. The smallest absolute Gasteiger partial charge is 0.307 e. The van der Waals surface area contributed by atoms with Crippen LogP contribution in [-0.2, 0) is 20.7 Å². The van der Waals surface area contributed by atoms with E-state index in [2.05, 4.69) is 10.3 Å². The monoisotopic (exact) mass is 382 g/mol. The van der Waals surface area contributed by atoms with Crippen molar-refractivity contribution in [2.75, 3.05) is 11.9 Å². The normalized spacial score (nSPS) is 16.4. The number of nitrogens with zero attached hydrogens (tertiary/aromatic N) is 1. The van der Waals surface area contributed by atoms with E-state index in [1.165, 1.54) is 11.8 Å². The predicted molar refractivity (Wildman–Crippen MR) is 95.9 cm³/mol. The molecule has 1 aliphatic heterocycles. The van der Waals surface area contributed by atoms with E-state index in [9.17, 15) is 9.59 Å². The molecule has 1 aromatic carbocycles. The van der Waals surface area contributed by atoms with Crippen molar-refractivity contribution < 1.29 is 14.3 Å². The first-order valence-corrected chi connectivity index (χ1v) is 9.48. The Morgan fingerprint density at radius 1 is 1.46 bits per heavy atom. The number of thioether (sulfide) groups is 1. The maximum Gasteiger partial charge on any atom is 0.307 e. The van der Waals surface area contributed by atoms with Gasteiger partial charge in [0, 0.05) is 21.2 Å². The number of fused-ring (bicyclic) bond motifs is 1. The number of nitrogens with one attached hydrogen (secondary N) is 1. The van der Waals surface area contributed by atoms with Crippen molar-refractivity contribution in [3.8, 4) is 0 Å². The lowest BCUT2D eigenvalue weighted by atomic mass is 10.2. The summed E-state index contributed by atoms with van der Waals surface area (Å²) in [4.78, 5) is 30.3. The molecule has 0 bridgehead atoms. The first-order chi connectivity index (χ1) is 11.5. The van der Waals surface area contributed by atoms with Crippen LogP contribution in [0.15, 0.2) is 28.6 Å². The highest BCUT2D eigenvalue weighted by Gasteiger charge is 2.29. The van der Waals surface area contributed by atoms with Crippen molar-refractivity contribution in [1.82, 2.24) is 4.98 Å². The molecule has 1 N–H and O–H groups in total. The fourth-order valence-corrected chi connectivity index (χ4v) is 4.30. The van der Waals surface area contributed by atoms with Crippen LogP contribution in [0.4, 0.5) is 5.69 Å². The third-order valence-electron chi connectivity index (χ3n) is 3.55. The molecule has 8 heteroatoms. The van der Waals surface area contributed by atoms with Gasteiger partial charge in [0.25, 0.3) is 0 Å². The van der Waals surface area contributed by atoms with Gasteiger partial charge in [-0.05, 0) is 25.1 Å². The summed E-state index contributed by atoms with van der Waals surface area (Å²) in [5.41, 5.74) is 3.43. The van der Waals surface area contributed by atoms with Gasteiger partial charge in [-0.15, -0.1) is 23.1 Å². The Balaban J connectivity index is 1.52. The van der Waals surface area contributed by atoms with E-state index in [0.29, 0.717) is 23.7 Å². The maximum absolute atomic E-state index is 12.1. The van der Waals surface area contributed by atoms with Gasteiger partial charge in [0.2, 0.25) is 5.91 Å². The molecule has 0 spiro atoms. The van der Waals surface area contributed by atoms with Gasteiger partial charge in [0.1, 0.15) is 0 Å². The summed E-state index contributed by atoms with van der Waals surface area (Å²) in [5, 5.41) is 2.85. The number of rotatable bonds is 5. The average molecular weight is 383 g/mol. The van der Waals surface area contributed by atoms with Crippen LogP contribution >= 0.6 is 34.7 Å². The zero-order valence-corrected chi connectivity index (χ0v) is 15.3.